The van der Waals surface area contributed by atoms with Crippen LogP contribution in [0.2, 0.25) is 0 Å². The molecule has 2 unspecified atom stereocenters. The molecule has 1 fully saturated rings. The average molecular weight is 283 g/mol. The molecule has 21 heavy (non-hydrogen) atoms. The molecule has 2 aromatic rings. The zero-order valence-electron chi connectivity index (χ0n) is 12.5. The van der Waals surface area contributed by atoms with Crippen molar-refractivity contribution in [2.45, 2.75) is 26.3 Å². The molecule has 1 aromatic heterocycles. The van der Waals surface area contributed by atoms with Crippen LogP contribution in [0.1, 0.15) is 29.4 Å². The number of rotatable bonds is 2. The Labute approximate surface area is 125 Å². The van der Waals surface area contributed by atoms with E-state index in [0.29, 0.717) is 5.92 Å². The van der Waals surface area contributed by atoms with Crippen LogP contribution in [0.5, 0.6) is 0 Å². The number of carbonyl (C=O) groups excluding carboxylic acids is 1. The second-order valence-corrected chi connectivity index (χ2v) is 5.88. The Bertz CT molecular complexity index is 668. The number of aryl methyl sites for hydroxylation is 1. The Balaban J connectivity index is 1.90. The molecule has 4 heteroatoms. The van der Waals surface area contributed by atoms with Crippen molar-refractivity contribution < 1.29 is 4.79 Å². The molecule has 3 rings (SSSR count). The molecule has 0 spiro atoms. The highest BCUT2D eigenvalue weighted by atomic mass is 16.1. The number of aromatic nitrogens is 1. The lowest BCUT2D eigenvalue weighted by Gasteiger charge is -2.30. The lowest BCUT2D eigenvalue weighted by molar-refractivity contribution is 0.0916. The first-order valence-electron chi connectivity index (χ1n) is 7.53. The van der Waals surface area contributed by atoms with Crippen molar-refractivity contribution in [3.05, 3.63) is 41.6 Å². The summed E-state index contributed by atoms with van der Waals surface area (Å²) >= 11 is 0. The van der Waals surface area contributed by atoms with Crippen molar-refractivity contribution in [2.24, 2.45) is 5.92 Å². The van der Waals surface area contributed by atoms with E-state index in [9.17, 15) is 4.79 Å². The fourth-order valence-corrected chi connectivity index (χ4v) is 2.97. The van der Waals surface area contributed by atoms with Crippen LogP contribution < -0.4 is 10.6 Å². The summed E-state index contributed by atoms with van der Waals surface area (Å²) in [6, 6.07) is 9.93. The Hall–Kier alpha value is -1.94. The number of para-hydroxylation sites is 1. The number of hydrogen-bond acceptors (Lipinski definition) is 3. The fourth-order valence-electron chi connectivity index (χ4n) is 2.97. The summed E-state index contributed by atoms with van der Waals surface area (Å²) in [5, 5.41) is 7.47. The van der Waals surface area contributed by atoms with Crippen LogP contribution in [0.4, 0.5) is 0 Å². The van der Waals surface area contributed by atoms with Gasteiger partial charge in [0.05, 0.1) is 11.1 Å². The zero-order chi connectivity index (χ0) is 14.8. The topological polar surface area (TPSA) is 54.0 Å². The van der Waals surface area contributed by atoms with Gasteiger partial charge in [-0.25, -0.2) is 0 Å². The van der Waals surface area contributed by atoms with Gasteiger partial charge in [0.1, 0.15) is 0 Å². The molecule has 2 N–H and O–H groups in total. The lowest BCUT2D eigenvalue weighted by atomic mass is 9.94. The third kappa shape index (κ3) is 2.90. The van der Waals surface area contributed by atoms with Crippen LogP contribution in [-0.4, -0.2) is 30.0 Å². The van der Waals surface area contributed by atoms with E-state index in [0.717, 1.165) is 41.7 Å². The second kappa shape index (κ2) is 5.82. The summed E-state index contributed by atoms with van der Waals surface area (Å²) in [5.74, 6) is 0.465. The van der Waals surface area contributed by atoms with Crippen LogP contribution in [-0.2, 0) is 0 Å². The highest BCUT2D eigenvalue weighted by Gasteiger charge is 2.23. The largest absolute Gasteiger partial charge is 0.349 e. The van der Waals surface area contributed by atoms with Gasteiger partial charge in [-0.1, -0.05) is 25.1 Å². The van der Waals surface area contributed by atoms with E-state index in [4.69, 9.17) is 0 Å². The Kier molecular flexibility index (Phi) is 3.88. The highest BCUT2D eigenvalue weighted by molar-refractivity contribution is 6.06. The van der Waals surface area contributed by atoms with Gasteiger partial charge in [-0.15, -0.1) is 0 Å². The van der Waals surface area contributed by atoms with E-state index in [1.165, 1.54) is 0 Å². The first-order chi connectivity index (χ1) is 10.1. The lowest BCUT2D eigenvalue weighted by Crippen LogP contribution is -2.48. The molecule has 0 bridgehead atoms. The van der Waals surface area contributed by atoms with Crippen LogP contribution in [0.3, 0.4) is 0 Å². The molecule has 1 aliphatic heterocycles. The molecule has 2 heterocycles. The quantitative estimate of drug-likeness (QED) is 0.889. The van der Waals surface area contributed by atoms with Gasteiger partial charge in [0.2, 0.25) is 0 Å². The number of hydrogen-bond donors (Lipinski definition) is 2. The minimum Gasteiger partial charge on any atom is -0.349 e. The van der Waals surface area contributed by atoms with Crippen molar-refractivity contribution in [3.63, 3.8) is 0 Å². The van der Waals surface area contributed by atoms with E-state index in [1.54, 1.807) is 0 Å². The smallest absolute Gasteiger partial charge is 0.252 e. The molecular formula is C17H21N3O. The van der Waals surface area contributed by atoms with Gasteiger partial charge in [0, 0.05) is 17.1 Å². The molecule has 4 nitrogen and oxygen atoms in total. The molecule has 0 saturated carbocycles. The van der Waals surface area contributed by atoms with E-state index in [-0.39, 0.29) is 11.9 Å². The molecule has 2 atom stereocenters. The van der Waals surface area contributed by atoms with Crippen molar-refractivity contribution in [2.75, 3.05) is 13.1 Å². The Morgan fingerprint density at radius 1 is 1.38 bits per heavy atom. The molecule has 1 saturated heterocycles. The number of pyridine rings is 1. The minimum absolute atomic E-state index is 0.00968. The summed E-state index contributed by atoms with van der Waals surface area (Å²) in [4.78, 5) is 17.2. The predicted octanol–water partition coefficient (Wildman–Crippen LogP) is 2.27. The molecule has 0 aliphatic carbocycles. The summed E-state index contributed by atoms with van der Waals surface area (Å²) < 4.78 is 0. The fraction of sp³-hybridized carbons (Fsp3) is 0.412. The second-order valence-electron chi connectivity index (χ2n) is 5.88. The van der Waals surface area contributed by atoms with E-state index >= 15 is 0 Å². The van der Waals surface area contributed by atoms with Crippen molar-refractivity contribution in [1.29, 1.82) is 0 Å². The zero-order valence-corrected chi connectivity index (χ0v) is 12.5. The predicted molar refractivity (Wildman–Crippen MR) is 84.4 cm³/mol. The monoisotopic (exact) mass is 283 g/mol. The third-order valence-corrected chi connectivity index (χ3v) is 4.19. The molecule has 1 aromatic carbocycles. The average Bonchev–Trinajstić information content (AvgIpc) is 2.48. The number of carbonyl (C=O) groups is 1. The van der Waals surface area contributed by atoms with E-state index in [1.807, 2.05) is 37.3 Å². The summed E-state index contributed by atoms with van der Waals surface area (Å²) in [5.41, 5.74) is 2.47. The van der Waals surface area contributed by atoms with Crippen LogP contribution in [0.15, 0.2) is 30.3 Å². The van der Waals surface area contributed by atoms with Gasteiger partial charge >= 0.3 is 0 Å². The van der Waals surface area contributed by atoms with Gasteiger partial charge < -0.3 is 10.6 Å². The number of nitrogens with zero attached hydrogens (tertiary/aromatic N) is 1. The van der Waals surface area contributed by atoms with Gasteiger partial charge in [0.25, 0.3) is 5.91 Å². The number of fused-ring (bicyclic) bond motifs is 1. The van der Waals surface area contributed by atoms with E-state index < -0.39 is 0 Å². The SMILES string of the molecule is Cc1cc(C(=O)NC2CCNCC2C)c2ccccc2n1. The summed E-state index contributed by atoms with van der Waals surface area (Å²) in [7, 11) is 0. The molecule has 1 aliphatic rings. The van der Waals surface area contributed by atoms with Crippen LogP contribution >= 0.6 is 0 Å². The van der Waals surface area contributed by atoms with Gasteiger partial charge in [-0.2, -0.15) is 0 Å². The number of benzene rings is 1. The van der Waals surface area contributed by atoms with Crippen molar-refractivity contribution in [3.8, 4) is 0 Å². The third-order valence-electron chi connectivity index (χ3n) is 4.19. The van der Waals surface area contributed by atoms with Crippen molar-refractivity contribution >= 4 is 16.8 Å². The summed E-state index contributed by atoms with van der Waals surface area (Å²) in [6.07, 6.45) is 0.981. The van der Waals surface area contributed by atoms with E-state index in [2.05, 4.69) is 22.5 Å². The summed E-state index contributed by atoms with van der Waals surface area (Å²) in [6.45, 7) is 6.02. The molecule has 0 radical (unpaired) electrons. The number of amides is 1. The number of piperidine rings is 1. The highest BCUT2D eigenvalue weighted by Crippen LogP contribution is 2.19. The van der Waals surface area contributed by atoms with Crippen LogP contribution in [0, 0.1) is 12.8 Å². The first kappa shape index (κ1) is 14.0. The maximum absolute atomic E-state index is 12.7. The van der Waals surface area contributed by atoms with Gasteiger partial charge in [0.15, 0.2) is 0 Å². The van der Waals surface area contributed by atoms with Gasteiger partial charge in [-0.3, -0.25) is 9.78 Å². The maximum atomic E-state index is 12.7. The number of nitrogens with one attached hydrogen (secondary N) is 2. The first-order valence-corrected chi connectivity index (χ1v) is 7.53. The minimum atomic E-state index is 0.00968. The molecular weight excluding hydrogens is 262 g/mol. The van der Waals surface area contributed by atoms with Gasteiger partial charge in [-0.05, 0) is 44.5 Å². The van der Waals surface area contributed by atoms with Crippen LogP contribution in [0.25, 0.3) is 10.9 Å². The molecule has 1 amide bonds. The molecule has 110 valence electrons. The standard InChI is InChI=1S/C17H21N3O/c1-11-10-18-8-7-15(11)20-17(21)14-9-12(2)19-16-6-4-3-5-13(14)16/h3-6,9,11,15,18H,7-8,10H2,1-2H3,(H,20,21). The Morgan fingerprint density at radius 3 is 3.00 bits per heavy atom. The van der Waals surface area contributed by atoms with Crippen molar-refractivity contribution in [1.82, 2.24) is 15.6 Å². The maximum Gasteiger partial charge on any atom is 0.252 e. The Morgan fingerprint density at radius 2 is 2.19 bits per heavy atom. The normalized spacial score (nSPS) is 22.2.